The first-order chi connectivity index (χ1) is 15.0. The third-order valence-electron chi connectivity index (χ3n) is 6.95. The van der Waals surface area contributed by atoms with Gasteiger partial charge in [-0.25, -0.2) is 0 Å². The van der Waals surface area contributed by atoms with Crippen molar-refractivity contribution in [2.24, 2.45) is 17.6 Å². The van der Waals surface area contributed by atoms with Crippen molar-refractivity contribution in [1.29, 1.82) is 0 Å². The maximum Gasteiger partial charge on any atom is 0.226 e. The molecule has 3 rings (SSSR count). The lowest BCUT2D eigenvalue weighted by atomic mass is 9.86. The highest BCUT2D eigenvalue weighted by atomic mass is 16.5. The summed E-state index contributed by atoms with van der Waals surface area (Å²) in [4.78, 5) is 17.2. The Kier molecular flexibility index (Phi) is 8.97. The molecule has 2 unspecified atom stereocenters. The molecule has 0 aromatic heterocycles. The van der Waals surface area contributed by atoms with Crippen LogP contribution in [-0.4, -0.2) is 62.1 Å². The molecule has 2 N–H and O–H groups in total. The van der Waals surface area contributed by atoms with E-state index >= 15 is 0 Å². The van der Waals surface area contributed by atoms with E-state index in [9.17, 15) is 4.79 Å². The molecule has 1 fully saturated rings. The van der Waals surface area contributed by atoms with Crippen LogP contribution in [0.4, 0.5) is 0 Å². The maximum absolute atomic E-state index is 12.9. The van der Waals surface area contributed by atoms with Crippen molar-refractivity contribution in [1.82, 2.24) is 9.80 Å². The third-order valence-corrected chi connectivity index (χ3v) is 6.95. The number of carbonyl (C=O) groups excluding carboxylic acids is 1. The zero-order chi connectivity index (χ0) is 22.2. The number of benzene rings is 1. The summed E-state index contributed by atoms with van der Waals surface area (Å²) in [5, 5.41) is 0. The Morgan fingerprint density at radius 3 is 2.58 bits per heavy atom. The van der Waals surface area contributed by atoms with Gasteiger partial charge in [-0.3, -0.25) is 4.79 Å². The van der Waals surface area contributed by atoms with Crippen molar-refractivity contribution in [3.8, 4) is 5.75 Å². The van der Waals surface area contributed by atoms with E-state index in [-0.39, 0.29) is 5.92 Å². The van der Waals surface area contributed by atoms with Crippen molar-refractivity contribution in [2.75, 3.05) is 40.3 Å². The second-order valence-electron chi connectivity index (χ2n) is 9.46. The Morgan fingerprint density at radius 1 is 1.23 bits per heavy atom. The minimum Gasteiger partial charge on any atom is -0.493 e. The number of ether oxygens (including phenoxy) is 1. The van der Waals surface area contributed by atoms with Gasteiger partial charge >= 0.3 is 0 Å². The van der Waals surface area contributed by atoms with Gasteiger partial charge in [-0.15, -0.1) is 0 Å². The minimum absolute atomic E-state index is 0.144. The van der Waals surface area contributed by atoms with Gasteiger partial charge in [0.1, 0.15) is 5.75 Å². The van der Waals surface area contributed by atoms with Crippen LogP contribution < -0.4 is 10.5 Å². The average molecular weight is 428 g/mol. The van der Waals surface area contributed by atoms with Crippen LogP contribution in [0.15, 0.2) is 30.3 Å². The molecule has 31 heavy (non-hydrogen) atoms. The molecule has 3 atom stereocenters. The summed E-state index contributed by atoms with van der Waals surface area (Å²) in [5.41, 5.74) is 8.33. The van der Waals surface area contributed by atoms with Gasteiger partial charge in [0.25, 0.3) is 0 Å². The number of nitrogens with zero attached hydrogens (tertiary/aromatic N) is 2. The van der Waals surface area contributed by atoms with Crippen LogP contribution in [0.5, 0.6) is 5.75 Å². The van der Waals surface area contributed by atoms with E-state index in [1.807, 2.05) is 0 Å². The largest absolute Gasteiger partial charge is 0.493 e. The molecule has 2 aliphatic rings. The van der Waals surface area contributed by atoms with Crippen LogP contribution in [0, 0.1) is 11.8 Å². The summed E-state index contributed by atoms with van der Waals surface area (Å²) in [6.45, 7) is 5.45. The monoisotopic (exact) mass is 427 g/mol. The maximum atomic E-state index is 12.9. The van der Waals surface area contributed by atoms with Crippen LogP contribution >= 0.6 is 0 Å². The highest BCUT2D eigenvalue weighted by molar-refractivity contribution is 5.81. The van der Waals surface area contributed by atoms with Crippen LogP contribution in [-0.2, 0) is 4.79 Å². The minimum atomic E-state index is 0.144. The van der Waals surface area contributed by atoms with E-state index in [0.717, 1.165) is 70.5 Å². The molecule has 1 saturated heterocycles. The lowest BCUT2D eigenvalue weighted by molar-refractivity contribution is -0.134. The van der Waals surface area contributed by atoms with E-state index in [1.54, 1.807) is 0 Å². The predicted octanol–water partition coefficient (Wildman–Crippen LogP) is 4.18. The molecule has 1 aliphatic carbocycles. The van der Waals surface area contributed by atoms with Crippen molar-refractivity contribution < 1.29 is 9.53 Å². The molecular formula is C26H41N3O2. The van der Waals surface area contributed by atoms with Gasteiger partial charge in [0, 0.05) is 25.0 Å². The van der Waals surface area contributed by atoms with E-state index in [1.165, 1.54) is 17.6 Å². The molecule has 0 spiro atoms. The molecule has 0 saturated carbocycles. The van der Waals surface area contributed by atoms with Crippen molar-refractivity contribution in [2.45, 2.75) is 57.9 Å². The number of likely N-dealkylation sites (tertiary alicyclic amines) is 1. The summed E-state index contributed by atoms with van der Waals surface area (Å²) in [6, 6.07) is 8.97. The standard InChI is InChI=1S/C26H41N3O2/c1-4-5-20(14-16-27)19-31-25-12-10-22(11-13-25)21-6-8-23(9-7-21)26(30)29-17-15-24(18-29)28(2)3/h6,10-13,20,23-24H,4-5,7-9,14-19,27H2,1-3H3/t20?,23?,24-/m0/s1. The predicted molar refractivity (Wildman–Crippen MR) is 128 cm³/mol. The zero-order valence-electron chi connectivity index (χ0n) is 19.7. The Balaban J connectivity index is 1.50. The first-order valence-electron chi connectivity index (χ1n) is 12.1. The zero-order valence-corrected chi connectivity index (χ0v) is 19.7. The topological polar surface area (TPSA) is 58.8 Å². The Hall–Kier alpha value is -1.85. The molecule has 5 nitrogen and oxygen atoms in total. The first-order valence-corrected chi connectivity index (χ1v) is 12.1. The van der Waals surface area contributed by atoms with E-state index < -0.39 is 0 Å². The molecule has 1 amide bonds. The highest BCUT2D eigenvalue weighted by Crippen LogP contribution is 2.33. The number of rotatable bonds is 10. The number of carbonyl (C=O) groups is 1. The third kappa shape index (κ3) is 6.56. The lowest BCUT2D eigenvalue weighted by Crippen LogP contribution is -2.38. The van der Waals surface area contributed by atoms with Gasteiger partial charge in [-0.05, 0) is 88.4 Å². The number of likely N-dealkylation sites (N-methyl/N-ethyl adjacent to an activating group) is 1. The van der Waals surface area contributed by atoms with Gasteiger partial charge in [-0.1, -0.05) is 31.6 Å². The Labute approximate surface area is 188 Å². The summed E-state index contributed by atoms with van der Waals surface area (Å²) in [7, 11) is 4.21. The molecule has 1 aliphatic heterocycles. The molecule has 0 radical (unpaired) electrons. The second kappa shape index (κ2) is 11.7. The number of allylic oxidation sites excluding steroid dienone is 2. The molecule has 5 heteroatoms. The van der Waals surface area contributed by atoms with Gasteiger partial charge in [0.2, 0.25) is 5.91 Å². The Bertz CT molecular complexity index is 723. The van der Waals surface area contributed by atoms with E-state index in [0.29, 0.717) is 17.9 Å². The SMILES string of the molecule is CCCC(CCN)COc1ccc(C2=CCC(C(=O)N3CC[C@H](N(C)C)C3)CC2)cc1. The van der Waals surface area contributed by atoms with Gasteiger partial charge in [0.15, 0.2) is 0 Å². The van der Waals surface area contributed by atoms with Gasteiger partial charge in [0.05, 0.1) is 6.61 Å². The van der Waals surface area contributed by atoms with Crippen molar-refractivity contribution >= 4 is 11.5 Å². The summed E-state index contributed by atoms with van der Waals surface area (Å²) < 4.78 is 6.02. The molecular weight excluding hydrogens is 386 g/mol. The van der Waals surface area contributed by atoms with E-state index in [2.05, 4.69) is 61.2 Å². The van der Waals surface area contributed by atoms with E-state index in [4.69, 9.17) is 10.5 Å². The number of amides is 1. The molecule has 1 heterocycles. The summed E-state index contributed by atoms with van der Waals surface area (Å²) in [5.74, 6) is 1.96. The summed E-state index contributed by atoms with van der Waals surface area (Å²) >= 11 is 0. The molecule has 0 bridgehead atoms. The highest BCUT2D eigenvalue weighted by Gasteiger charge is 2.32. The van der Waals surface area contributed by atoms with Gasteiger partial charge < -0.3 is 20.3 Å². The number of nitrogens with two attached hydrogens (primary N) is 1. The smallest absolute Gasteiger partial charge is 0.226 e. The fourth-order valence-corrected chi connectivity index (χ4v) is 4.88. The fraction of sp³-hybridized carbons (Fsp3) is 0.654. The molecule has 172 valence electrons. The van der Waals surface area contributed by atoms with Crippen LogP contribution in [0.1, 0.15) is 57.4 Å². The van der Waals surface area contributed by atoms with Crippen molar-refractivity contribution in [3.63, 3.8) is 0 Å². The molecule has 1 aromatic rings. The number of hydrogen-bond acceptors (Lipinski definition) is 4. The average Bonchev–Trinajstić information content (AvgIpc) is 3.29. The second-order valence-corrected chi connectivity index (χ2v) is 9.46. The fourth-order valence-electron chi connectivity index (χ4n) is 4.88. The Morgan fingerprint density at radius 2 is 2.00 bits per heavy atom. The van der Waals surface area contributed by atoms with Crippen LogP contribution in [0.3, 0.4) is 0 Å². The molecule has 1 aromatic carbocycles. The summed E-state index contributed by atoms with van der Waals surface area (Å²) in [6.07, 6.45) is 9.49. The van der Waals surface area contributed by atoms with Crippen LogP contribution in [0.25, 0.3) is 5.57 Å². The first kappa shape index (κ1) is 23.8. The quantitative estimate of drug-likeness (QED) is 0.609. The number of hydrogen-bond donors (Lipinski definition) is 1. The normalized spacial score (nSPS) is 22.5. The van der Waals surface area contributed by atoms with Gasteiger partial charge in [-0.2, -0.15) is 0 Å². The van der Waals surface area contributed by atoms with Crippen LogP contribution in [0.2, 0.25) is 0 Å². The van der Waals surface area contributed by atoms with Crippen molar-refractivity contribution in [3.05, 3.63) is 35.9 Å². The lowest BCUT2D eigenvalue weighted by Gasteiger charge is -2.27.